The van der Waals surface area contributed by atoms with Crippen LogP contribution in [0.2, 0.25) is 0 Å². The number of rotatable bonds is 8. The van der Waals surface area contributed by atoms with Crippen LogP contribution in [0.1, 0.15) is 17.2 Å². The van der Waals surface area contributed by atoms with E-state index in [1.54, 1.807) is 18.2 Å². The molecule has 8 heteroatoms. The highest BCUT2D eigenvalue weighted by atomic mass is 19.3. The second-order valence-corrected chi connectivity index (χ2v) is 5.64. The lowest BCUT2D eigenvalue weighted by molar-refractivity contribution is -0.156. The number of benzene rings is 2. The highest BCUT2D eigenvalue weighted by Crippen LogP contribution is 2.37. The Balaban J connectivity index is 2.16. The van der Waals surface area contributed by atoms with Crippen LogP contribution in [0.5, 0.6) is 11.5 Å². The number of alkyl halides is 2. The van der Waals surface area contributed by atoms with Crippen LogP contribution in [-0.4, -0.2) is 31.0 Å². The Morgan fingerprint density at radius 1 is 1.21 bits per heavy atom. The van der Waals surface area contributed by atoms with Crippen LogP contribution in [0.4, 0.5) is 14.5 Å². The predicted molar refractivity (Wildman–Crippen MR) is 98.4 cm³/mol. The molecule has 0 fully saturated rings. The highest BCUT2D eigenvalue weighted by molar-refractivity contribution is 5.96. The van der Waals surface area contributed by atoms with E-state index in [1.807, 2.05) is 6.07 Å². The topological polar surface area (TPSA) is 91.6 Å². The first-order chi connectivity index (χ1) is 13.3. The smallest absolute Gasteiger partial charge is 0.338 e. The molecule has 1 unspecified atom stereocenters. The summed E-state index contributed by atoms with van der Waals surface area (Å²) in [4.78, 5) is 11.9. The van der Waals surface area contributed by atoms with Gasteiger partial charge in [-0.1, -0.05) is 18.2 Å². The van der Waals surface area contributed by atoms with E-state index in [2.05, 4.69) is 5.32 Å². The maximum Gasteiger partial charge on any atom is 0.338 e. The Morgan fingerprint density at radius 2 is 1.89 bits per heavy atom. The zero-order valence-electron chi connectivity index (χ0n) is 15.1. The molecule has 0 aromatic heterocycles. The molecule has 28 heavy (non-hydrogen) atoms. The number of halogens is 2. The zero-order chi connectivity index (χ0) is 20.7. The molecule has 0 heterocycles. The lowest BCUT2D eigenvalue weighted by atomic mass is 9.99. The summed E-state index contributed by atoms with van der Waals surface area (Å²) in [5.74, 6) is -5.23. The summed E-state index contributed by atoms with van der Waals surface area (Å²) in [7, 11) is 2.71. The quantitative estimate of drug-likeness (QED) is 0.673. The van der Waals surface area contributed by atoms with Gasteiger partial charge in [-0.25, -0.2) is 0 Å². The third-order valence-corrected chi connectivity index (χ3v) is 3.92. The van der Waals surface area contributed by atoms with Crippen LogP contribution < -0.4 is 14.8 Å². The third-order valence-electron chi connectivity index (χ3n) is 3.92. The van der Waals surface area contributed by atoms with E-state index in [0.29, 0.717) is 17.5 Å². The minimum Gasteiger partial charge on any atom is -0.493 e. The van der Waals surface area contributed by atoms with E-state index >= 15 is 0 Å². The molecule has 0 aliphatic carbocycles. The Labute approximate surface area is 160 Å². The first kappa shape index (κ1) is 20.9. The van der Waals surface area contributed by atoms with Crippen molar-refractivity contribution in [2.45, 2.75) is 12.0 Å². The fraction of sp³-hybridized carbons (Fsp3) is 0.200. The van der Waals surface area contributed by atoms with Crippen molar-refractivity contribution < 1.29 is 28.2 Å². The second kappa shape index (κ2) is 8.97. The first-order valence-corrected chi connectivity index (χ1v) is 8.09. The summed E-state index contributed by atoms with van der Waals surface area (Å²) in [6.07, 6.45) is -0.776. The van der Waals surface area contributed by atoms with Gasteiger partial charge in [0.25, 0.3) is 0 Å². The number of anilines is 1. The monoisotopic (exact) mass is 388 g/mol. The largest absolute Gasteiger partial charge is 0.493 e. The van der Waals surface area contributed by atoms with Crippen LogP contribution in [0.3, 0.4) is 0 Å². The molecule has 146 valence electrons. The molecule has 0 amide bonds. The SMILES string of the molecule is COc1ccc(C(O)C(F)(F)C(=O)/C=C\Nc2ccccc2C#N)cc1OC. The van der Waals surface area contributed by atoms with Gasteiger partial charge in [-0.15, -0.1) is 0 Å². The number of ketones is 1. The number of aliphatic hydroxyl groups excluding tert-OH is 1. The van der Waals surface area contributed by atoms with Crippen LogP contribution in [0.15, 0.2) is 54.7 Å². The van der Waals surface area contributed by atoms with E-state index < -0.39 is 17.8 Å². The van der Waals surface area contributed by atoms with Gasteiger partial charge in [0.2, 0.25) is 5.78 Å². The van der Waals surface area contributed by atoms with Crippen molar-refractivity contribution in [2.75, 3.05) is 19.5 Å². The van der Waals surface area contributed by atoms with E-state index in [-0.39, 0.29) is 16.9 Å². The number of ether oxygens (including phenoxy) is 2. The molecule has 2 rings (SSSR count). The fourth-order valence-corrected chi connectivity index (χ4v) is 2.39. The molecule has 0 aliphatic heterocycles. The number of methoxy groups -OCH3 is 2. The molecule has 0 spiro atoms. The highest BCUT2D eigenvalue weighted by Gasteiger charge is 2.46. The van der Waals surface area contributed by atoms with Crippen molar-refractivity contribution in [1.82, 2.24) is 0 Å². The lowest BCUT2D eigenvalue weighted by Crippen LogP contribution is -2.34. The lowest BCUT2D eigenvalue weighted by Gasteiger charge is -2.21. The number of hydrogen-bond donors (Lipinski definition) is 2. The van der Waals surface area contributed by atoms with Crippen molar-refractivity contribution in [3.63, 3.8) is 0 Å². The average molecular weight is 388 g/mol. The molecule has 0 radical (unpaired) electrons. The molecule has 2 aromatic carbocycles. The maximum absolute atomic E-state index is 14.4. The number of aliphatic hydroxyl groups is 1. The summed E-state index contributed by atoms with van der Waals surface area (Å²) < 4.78 is 38.8. The van der Waals surface area contributed by atoms with Crippen molar-refractivity contribution in [1.29, 1.82) is 5.26 Å². The summed E-state index contributed by atoms with van der Waals surface area (Å²) in [6, 6.07) is 12.1. The Kier molecular flexibility index (Phi) is 6.69. The first-order valence-electron chi connectivity index (χ1n) is 8.09. The van der Waals surface area contributed by atoms with Gasteiger partial charge in [-0.05, 0) is 29.8 Å². The summed E-state index contributed by atoms with van der Waals surface area (Å²) in [5.41, 5.74) is 0.446. The van der Waals surface area contributed by atoms with Crippen molar-refractivity contribution in [3.8, 4) is 17.6 Å². The van der Waals surface area contributed by atoms with Crippen LogP contribution in [-0.2, 0) is 4.79 Å². The molecular formula is C20H18F2N2O4. The van der Waals surface area contributed by atoms with Gasteiger partial charge in [0.1, 0.15) is 6.07 Å². The van der Waals surface area contributed by atoms with Gasteiger partial charge in [0, 0.05) is 12.3 Å². The number of nitrogens with one attached hydrogen (secondary N) is 1. The van der Waals surface area contributed by atoms with Gasteiger partial charge in [0.05, 0.1) is 25.5 Å². The van der Waals surface area contributed by atoms with Gasteiger partial charge >= 0.3 is 5.92 Å². The van der Waals surface area contributed by atoms with Gasteiger partial charge in [-0.2, -0.15) is 14.0 Å². The second-order valence-electron chi connectivity index (χ2n) is 5.64. The number of para-hydroxylation sites is 1. The fourth-order valence-electron chi connectivity index (χ4n) is 2.39. The number of carbonyl (C=O) groups excluding carboxylic acids is 1. The van der Waals surface area contributed by atoms with Gasteiger partial charge in [0.15, 0.2) is 17.6 Å². The number of hydrogen-bond acceptors (Lipinski definition) is 6. The van der Waals surface area contributed by atoms with Crippen LogP contribution in [0.25, 0.3) is 0 Å². The number of carbonyl (C=O) groups is 1. The predicted octanol–water partition coefficient (Wildman–Crippen LogP) is 3.44. The van der Waals surface area contributed by atoms with Gasteiger partial charge in [-0.3, -0.25) is 4.79 Å². The molecule has 2 aromatic rings. The molecule has 6 nitrogen and oxygen atoms in total. The molecule has 0 bridgehead atoms. The molecule has 2 N–H and O–H groups in total. The molecule has 0 aliphatic rings. The van der Waals surface area contributed by atoms with E-state index in [0.717, 1.165) is 6.20 Å². The minimum absolute atomic E-state index is 0.146. The summed E-state index contributed by atoms with van der Waals surface area (Å²) in [6.45, 7) is 0. The number of nitrogens with zero attached hydrogens (tertiary/aromatic N) is 1. The molecule has 1 atom stereocenters. The van der Waals surface area contributed by atoms with Gasteiger partial charge < -0.3 is 19.9 Å². The molecular weight excluding hydrogens is 370 g/mol. The summed E-state index contributed by atoms with van der Waals surface area (Å²) >= 11 is 0. The number of allylic oxidation sites excluding steroid dienone is 1. The van der Waals surface area contributed by atoms with E-state index in [9.17, 15) is 18.7 Å². The van der Waals surface area contributed by atoms with Crippen molar-refractivity contribution in [2.24, 2.45) is 0 Å². The third kappa shape index (κ3) is 4.45. The average Bonchev–Trinajstić information content (AvgIpc) is 2.72. The Morgan fingerprint density at radius 3 is 2.54 bits per heavy atom. The van der Waals surface area contributed by atoms with Crippen molar-refractivity contribution in [3.05, 3.63) is 65.9 Å². The standard InChI is InChI=1S/C20H18F2N2O4/c1-27-16-8-7-13(11-17(16)28-2)19(26)20(21,22)18(25)9-10-24-15-6-4-3-5-14(15)12-23/h3-11,19,24,26H,1-2H3/b10-9-. The maximum atomic E-state index is 14.4. The summed E-state index contributed by atoms with van der Waals surface area (Å²) in [5, 5.41) is 21.6. The van der Waals surface area contributed by atoms with Crippen LogP contribution in [0, 0.1) is 11.3 Å². The Bertz CT molecular complexity index is 923. The zero-order valence-corrected chi connectivity index (χ0v) is 15.1. The minimum atomic E-state index is -4.08. The Hall–Kier alpha value is -3.44. The number of nitriles is 1. The van der Waals surface area contributed by atoms with E-state index in [1.165, 1.54) is 38.5 Å². The van der Waals surface area contributed by atoms with Crippen molar-refractivity contribution >= 4 is 11.5 Å². The van der Waals surface area contributed by atoms with Crippen LogP contribution >= 0.6 is 0 Å². The molecule has 0 saturated heterocycles. The van der Waals surface area contributed by atoms with E-state index in [4.69, 9.17) is 14.7 Å². The normalized spacial score (nSPS) is 12.3. The molecule has 0 saturated carbocycles.